The van der Waals surface area contributed by atoms with Crippen molar-refractivity contribution >= 4 is 28.9 Å². The average molecular weight is 473 g/mol. The zero-order valence-electron chi connectivity index (χ0n) is 19.5. The molecule has 2 heterocycles. The van der Waals surface area contributed by atoms with Crippen molar-refractivity contribution in [3.63, 3.8) is 0 Å². The molecule has 7 nitrogen and oxygen atoms in total. The van der Waals surface area contributed by atoms with Crippen LogP contribution in [0, 0.1) is 0 Å². The Bertz CT molecular complexity index is 985. The molecule has 8 heteroatoms. The van der Waals surface area contributed by atoms with Gasteiger partial charge in [0.05, 0.1) is 23.0 Å². The third-order valence-corrected chi connectivity index (χ3v) is 7.19. The molecular formula is C25H32N2O5S. The molecule has 0 spiro atoms. The van der Waals surface area contributed by atoms with Crippen LogP contribution in [0.3, 0.4) is 0 Å². The van der Waals surface area contributed by atoms with Gasteiger partial charge < -0.3 is 14.2 Å². The molecule has 2 unspecified atom stereocenters. The second-order valence-electron chi connectivity index (χ2n) is 8.64. The fourth-order valence-corrected chi connectivity index (χ4v) is 5.26. The van der Waals surface area contributed by atoms with Gasteiger partial charge in [-0.3, -0.25) is 9.69 Å². The molecule has 0 saturated heterocycles. The van der Waals surface area contributed by atoms with Crippen LogP contribution in [0.2, 0.25) is 0 Å². The molecule has 33 heavy (non-hydrogen) atoms. The Morgan fingerprint density at radius 1 is 1.30 bits per heavy atom. The molecule has 0 radical (unpaired) electrons. The summed E-state index contributed by atoms with van der Waals surface area (Å²) in [6.45, 7) is 4.24. The van der Waals surface area contributed by atoms with Crippen molar-refractivity contribution in [3.8, 4) is 17.0 Å². The van der Waals surface area contributed by atoms with E-state index >= 15 is 0 Å². The molecule has 1 fully saturated rings. The number of nitrogens with zero attached hydrogens (tertiary/aromatic N) is 2. The van der Waals surface area contributed by atoms with E-state index in [4.69, 9.17) is 19.2 Å². The maximum Gasteiger partial charge on any atom is 0.329 e. The van der Waals surface area contributed by atoms with Crippen LogP contribution in [-0.4, -0.2) is 48.8 Å². The number of hydrogen-bond donors (Lipinski definition) is 0. The van der Waals surface area contributed by atoms with Crippen LogP contribution in [0.1, 0.15) is 57.4 Å². The lowest BCUT2D eigenvalue weighted by molar-refractivity contribution is -0.153. The van der Waals surface area contributed by atoms with Crippen LogP contribution in [0.5, 0.6) is 5.75 Å². The number of thiazole rings is 1. The topological polar surface area (TPSA) is 78.0 Å². The summed E-state index contributed by atoms with van der Waals surface area (Å²) in [5, 5.41) is 2.99. The fourth-order valence-electron chi connectivity index (χ4n) is 4.47. The van der Waals surface area contributed by atoms with Crippen LogP contribution in [-0.2, 0) is 25.5 Å². The number of carbonyl (C=O) groups excluding carboxylic acids is 2. The highest BCUT2D eigenvalue weighted by molar-refractivity contribution is 7.09. The molecule has 4 rings (SSSR count). The van der Waals surface area contributed by atoms with Gasteiger partial charge in [0.1, 0.15) is 17.9 Å². The number of carbonyl (C=O) groups is 2. The Morgan fingerprint density at radius 2 is 2.09 bits per heavy atom. The van der Waals surface area contributed by atoms with E-state index in [9.17, 15) is 9.59 Å². The van der Waals surface area contributed by atoms with Gasteiger partial charge in [-0.05, 0) is 57.2 Å². The summed E-state index contributed by atoms with van der Waals surface area (Å²) in [7, 11) is 1.67. The molecule has 0 bridgehead atoms. The molecule has 1 aromatic carbocycles. The van der Waals surface area contributed by atoms with Crippen molar-refractivity contribution in [2.75, 3.05) is 18.6 Å². The number of aromatic nitrogens is 1. The Labute approximate surface area is 199 Å². The van der Waals surface area contributed by atoms with Crippen molar-refractivity contribution in [1.82, 2.24) is 4.98 Å². The van der Waals surface area contributed by atoms with E-state index in [0.717, 1.165) is 48.4 Å². The van der Waals surface area contributed by atoms with Crippen molar-refractivity contribution in [2.45, 2.75) is 77.0 Å². The molecule has 2 atom stereocenters. The van der Waals surface area contributed by atoms with E-state index in [-0.39, 0.29) is 18.0 Å². The van der Waals surface area contributed by atoms with Gasteiger partial charge in [-0.1, -0.05) is 13.3 Å². The molecule has 1 amide bonds. The van der Waals surface area contributed by atoms with Crippen LogP contribution in [0.4, 0.5) is 5.69 Å². The molecule has 1 aliphatic carbocycles. The first kappa shape index (κ1) is 23.7. The lowest BCUT2D eigenvalue weighted by Crippen LogP contribution is -2.53. The Hall–Kier alpha value is -2.45. The summed E-state index contributed by atoms with van der Waals surface area (Å²) in [5.74, 6) is 0.0227. The van der Waals surface area contributed by atoms with Crippen molar-refractivity contribution in [3.05, 3.63) is 28.6 Å². The van der Waals surface area contributed by atoms with Crippen LogP contribution < -0.4 is 9.64 Å². The van der Waals surface area contributed by atoms with E-state index in [2.05, 4.69) is 0 Å². The zero-order chi connectivity index (χ0) is 23.4. The molecule has 1 saturated carbocycles. The Morgan fingerprint density at radius 3 is 2.82 bits per heavy atom. The summed E-state index contributed by atoms with van der Waals surface area (Å²) in [6.07, 6.45) is 5.62. The smallest absolute Gasteiger partial charge is 0.329 e. The van der Waals surface area contributed by atoms with Crippen molar-refractivity contribution < 1.29 is 23.8 Å². The third-order valence-electron chi connectivity index (χ3n) is 6.28. The minimum atomic E-state index is -0.688. The summed E-state index contributed by atoms with van der Waals surface area (Å²) in [6, 6.07) is 5.00. The molecule has 1 aromatic heterocycles. The van der Waals surface area contributed by atoms with Gasteiger partial charge in [0.15, 0.2) is 6.10 Å². The quantitative estimate of drug-likeness (QED) is 0.515. The largest absolute Gasteiger partial charge is 0.479 e. The normalized spacial score (nSPS) is 19.7. The number of ether oxygens (including phenoxy) is 3. The third kappa shape index (κ3) is 5.22. The number of anilines is 1. The number of hydrogen-bond acceptors (Lipinski definition) is 7. The van der Waals surface area contributed by atoms with E-state index in [1.165, 1.54) is 6.42 Å². The van der Waals surface area contributed by atoms with Crippen LogP contribution >= 0.6 is 11.3 Å². The summed E-state index contributed by atoms with van der Waals surface area (Å²) in [5.41, 5.74) is 2.30. The molecule has 178 valence electrons. The lowest BCUT2D eigenvalue weighted by atomic mass is 9.97. The highest BCUT2D eigenvalue weighted by Crippen LogP contribution is 2.39. The van der Waals surface area contributed by atoms with Crippen molar-refractivity contribution in [2.24, 2.45) is 0 Å². The predicted octanol–water partition coefficient (Wildman–Crippen LogP) is 4.77. The van der Waals surface area contributed by atoms with Gasteiger partial charge in [-0.25, -0.2) is 9.78 Å². The van der Waals surface area contributed by atoms with Gasteiger partial charge in [-0.2, -0.15) is 0 Å². The molecule has 0 N–H and O–H groups in total. The van der Waals surface area contributed by atoms with E-state index in [0.29, 0.717) is 24.5 Å². The van der Waals surface area contributed by atoms with Gasteiger partial charge in [0.2, 0.25) is 0 Å². The fraction of sp³-hybridized carbons (Fsp3) is 0.560. The predicted molar refractivity (Wildman–Crippen MR) is 128 cm³/mol. The van der Waals surface area contributed by atoms with Gasteiger partial charge in [-0.15, -0.1) is 11.3 Å². The second-order valence-corrected chi connectivity index (χ2v) is 9.58. The standard InChI is InChI=1S/C25H32N2O5S/c1-4-20(25(29)32-18-8-6-5-7-9-18)27-21-14-17(10-11-22(21)31-16(2)24(27)28)19-15-33-23(26-19)12-13-30-3/h10-11,14-16,18,20H,4-9,12-13H2,1-3H3. The number of fused-ring (bicyclic) bond motifs is 1. The van der Waals surface area contributed by atoms with Crippen LogP contribution in [0.25, 0.3) is 11.3 Å². The molecule has 2 aliphatic rings. The first-order valence-corrected chi connectivity index (χ1v) is 12.7. The summed E-state index contributed by atoms with van der Waals surface area (Å²) < 4.78 is 16.9. The number of esters is 1. The SMILES string of the molecule is CCC(C(=O)OC1CCCCC1)N1C(=O)C(C)Oc2ccc(-c3csc(CCOC)n3)cc21. The highest BCUT2D eigenvalue weighted by Gasteiger charge is 2.40. The number of amides is 1. The Kier molecular flexibility index (Phi) is 7.65. The van der Waals surface area contributed by atoms with Crippen LogP contribution in [0.15, 0.2) is 23.6 Å². The second kappa shape index (κ2) is 10.7. The first-order valence-electron chi connectivity index (χ1n) is 11.8. The first-order chi connectivity index (χ1) is 16.0. The molecule has 2 aromatic rings. The summed E-state index contributed by atoms with van der Waals surface area (Å²) in [4.78, 5) is 32.7. The maximum absolute atomic E-state index is 13.2. The maximum atomic E-state index is 13.2. The van der Waals surface area contributed by atoms with Crippen molar-refractivity contribution in [1.29, 1.82) is 0 Å². The lowest BCUT2D eigenvalue weighted by Gasteiger charge is -2.37. The van der Waals surface area contributed by atoms with E-state index in [1.807, 2.05) is 30.5 Å². The van der Waals surface area contributed by atoms with Gasteiger partial charge in [0.25, 0.3) is 5.91 Å². The minimum Gasteiger partial charge on any atom is -0.479 e. The average Bonchev–Trinajstić information content (AvgIpc) is 3.30. The Balaban J connectivity index is 1.63. The van der Waals surface area contributed by atoms with E-state index in [1.54, 1.807) is 30.3 Å². The van der Waals surface area contributed by atoms with Gasteiger partial charge in [0, 0.05) is 24.5 Å². The number of rotatable bonds is 8. The van der Waals surface area contributed by atoms with Gasteiger partial charge >= 0.3 is 5.97 Å². The molecular weight excluding hydrogens is 440 g/mol. The number of methoxy groups -OCH3 is 1. The minimum absolute atomic E-state index is 0.0554. The highest BCUT2D eigenvalue weighted by atomic mass is 32.1. The number of benzene rings is 1. The van der Waals surface area contributed by atoms with E-state index < -0.39 is 12.1 Å². The monoisotopic (exact) mass is 472 g/mol. The summed E-state index contributed by atoms with van der Waals surface area (Å²) >= 11 is 1.58. The molecule has 1 aliphatic heterocycles. The zero-order valence-corrected chi connectivity index (χ0v) is 20.4.